The van der Waals surface area contributed by atoms with E-state index < -0.39 is 52.4 Å². The van der Waals surface area contributed by atoms with Crippen molar-refractivity contribution in [3.8, 4) is 34.2 Å². The van der Waals surface area contributed by atoms with Crippen molar-refractivity contribution < 1.29 is 44.4 Å². The summed E-state index contributed by atoms with van der Waals surface area (Å²) in [5.74, 6) is -6.87. The van der Waals surface area contributed by atoms with Gasteiger partial charge < -0.3 is 9.42 Å². The summed E-state index contributed by atoms with van der Waals surface area (Å²) < 4.78 is 113. The molecule has 0 atom stereocenters. The molecule has 17 heteroatoms. The highest BCUT2D eigenvalue weighted by Crippen LogP contribution is 2.50. The van der Waals surface area contributed by atoms with Crippen molar-refractivity contribution in [2.75, 3.05) is 6.54 Å². The van der Waals surface area contributed by atoms with Gasteiger partial charge in [0.05, 0.1) is 16.5 Å². The second-order valence-corrected chi connectivity index (χ2v) is 9.55. The van der Waals surface area contributed by atoms with E-state index in [4.69, 9.17) is 4.52 Å². The highest BCUT2D eigenvalue weighted by atomic mass is 32.1. The molecule has 0 aliphatic heterocycles. The number of hydrogen-bond acceptors (Lipinski definition) is 7. The fourth-order valence-electron chi connectivity index (χ4n) is 4.04. The van der Waals surface area contributed by atoms with Gasteiger partial charge in [0.25, 0.3) is 5.91 Å². The maximum Gasteiger partial charge on any atom is 0.459 e. The van der Waals surface area contributed by atoms with Gasteiger partial charge in [-0.25, -0.2) is 0 Å². The molecule has 1 saturated carbocycles. The van der Waals surface area contributed by atoms with Crippen LogP contribution in [0.5, 0.6) is 0 Å². The normalized spacial score (nSPS) is 15.1. The van der Waals surface area contributed by atoms with E-state index in [1.807, 2.05) is 6.07 Å². The minimum atomic E-state index is -6.36. The topological polar surface area (TPSA) is 112 Å². The van der Waals surface area contributed by atoms with Crippen LogP contribution >= 0.6 is 11.3 Å². The van der Waals surface area contributed by atoms with Gasteiger partial charge in [-0.1, -0.05) is 5.16 Å². The minimum absolute atomic E-state index is 0.0306. The largest absolute Gasteiger partial charge is 0.459 e. The third kappa shape index (κ3) is 4.50. The third-order valence-corrected chi connectivity index (χ3v) is 7.11. The molecular formula is C22H14F8N6O2S. The monoisotopic (exact) mass is 578 g/mol. The van der Waals surface area contributed by atoms with Crippen LogP contribution in [0, 0.1) is 22.7 Å². The number of carbonyl (C=O) groups is 1. The Morgan fingerprint density at radius 1 is 1.18 bits per heavy atom. The van der Waals surface area contributed by atoms with Crippen LogP contribution in [0.4, 0.5) is 35.1 Å². The quantitative estimate of drug-likeness (QED) is 0.339. The second kappa shape index (κ2) is 9.04. The summed E-state index contributed by atoms with van der Waals surface area (Å²) in [5, 5.41) is 25.2. The molecule has 0 radical (unpaired) electrons. The van der Waals surface area contributed by atoms with E-state index in [0.29, 0.717) is 24.2 Å². The van der Waals surface area contributed by atoms with E-state index in [2.05, 4.69) is 16.3 Å². The minimum Gasteiger partial charge on any atom is -0.355 e. The summed E-state index contributed by atoms with van der Waals surface area (Å²) in [6, 6.07) is 5.92. The molecule has 39 heavy (non-hydrogen) atoms. The molecule has 1 aliphatic rings. The van der Waals surface area contributed by atoms with Gasteiger partial charge in [0.1, 0.15) is 33.4 Å². The van der Waals surface area contributed by atoms with Crippen molar-refractivity contribution in [2.24, 2.45) is 7.05 Å². The first-order valence-electron chi connectivity index (χ1n) is 10.9. The van der Waals surface area contributed by atoms with Crippen LogP contribution in [-0.2, 0) is 19.1 Å². The summed E-state index contributed by atoms with van der Waals surface area (Å²) in [5.41, 5.74) is -8.01. The molecule has 0 spiro atoms. The summed E-state index contributed by atoms with van der Waals surface area (Å²) >= 11 is 0.704. The van der Waals surface area contributed by atoms with E-state index in [0.717, 1.165) is 13.1 Å². The maximum absolute atomic E-state index is 14.0. The molecule has 0 saturated heterocycles. The van der Waals surface area contributed by atoms with Crippen LogP contribution in [0.15, 0.2) is 16.7 Å². The Kier molecular flexibility index (Phi) is 6.50. The molecule has 0 unspecified atom stereocenters. The fourth-order valence-corrected chi connectivity index (χ4v) is 4.94. The summed E-state index contributed by atoms with van der Waals surface area (Å²) in [7, 11) is 0.729. The lowest BCUT2D eigenvalue weighted by molar-refractivity contribution is -0.292. The smallest absolute Gasteiger partial charge is 0.355 e. The van der Waals surface area contributed by atoms with Crippen LogP contribution in [0.2, 0.25) is 0 Å². The predicted molar refractivity (Wildman–Crippen MR) is 116 cm³/mol. The number of carbonyl (C=O) groups excluding carboxylic acids is 1. The number of alkyl halides is 8. The van der Waals surface area contributed by atoms with Crippen molar-refractivity contribution in [1.82, 2.24) is 19.8 Å². The van der Waals surface area contributed by atoms with E-state index in [1.54, 1.807) is 6.92 Å². The fraction of sp³-hybridized carbons (Fsp3) is 0.409. The van der Waals surface area contributed by atoms with Gasteiger partial charge in [0.2, 0.25) is 0 Å². The van der Waals surface area contributed by atoms with Crippen LogP contribution in [0.3, 0.4) is 0 Å². The number of amides is 1. The molecule has 3 aromatic rings. The number of aryl methyl sites for hydroxylation is 1. The van der Waals surface area contributed by atoms with Crippen LogP contribution in [0.25, 0.3) is 22.0 Å². The van der Waals surface area contributed by atoms with E-state index in [1.165, 1.54) is 11.0 Å². The molecule has 1 aliphatic carbocycles. The molecule has 1 fully saturated rings. The first-order valence-corrected chi connectivity index (χ1v) is 11.7. The number of aromatic nitrogens is 3. The zero-order chi connectivity index (χ0) is 29.1. The SMILES string of the molecule is CCN(C(=O)c1cc(-c2cc(-c3c(C(F)(F)F)c(C(F)(F)C(F)(F)F)nn3C)no2)sc1C#N)C1(C#N)CC1. The summed E-state index contributed by atoms with van der Waals surface area (Å²) in [6.07, 6.45) is -11.2. The van der Waals surface area contributed by atoms with Crippen molar-refractivity contribution in [3.05, 3.63) is 33.8 Å². The molecule has 0 N–H and O–H groups in total. The standard InChI is InChI=1S/C22H14F8N6O2S/c1-3-36(19(9-32)4-5-19)18(37)10-6-13(39-14(10)8-31)12-7-11(34-38-12)16-15(21(25,26)27)17(33-35(16)2)20(23,24)22(28,29)30/h6-7H,3-5H2,1-2H3. The van der Waals surface area contributed by atoms with Crippen molar-refractivity contribution in [1.29, 1.82) is 10.5 Å². The van der Waals surface area contributed by atoms with Gasteiger partial charge >= 0.3 is 18.3 Å². The third-order valence-electron chi connectivity index (χ3n) is 6.05. The average Bonchev–Trinajstić information content (AvgIpc) is 3.18. The molecule has 3 heterocycles. The van der Waals surface area contributed by atoms with Crippen LogP contribution < -0.4 is 0 Å². The summed E-state index contributed by atoms with van der Waals surface area (Å²) in [4.78, 5) is 14.3. The number of halogens is 8. The molecular weight excluding hydrogens is 564 g/mol. The van der Waals surface area contributed by atoms with Gasteiger partial charge in [-0.2, -0.15) is 50.7 Å². The van der Waals surface area contributed by atoms with Gasteiger partial charge in [-0.3, -0.25) is 9.48 Å². The highest BCUT2D eigenvalue weighted by molar-refractivity contribution is 7.16. The molecule has 0 aromatic carbocycles. The van der Waals surface area contributed by atoms with E-state index in [-0.39, 0.29) is 32.3 Å². The first kappa shape index (κ1) is 28.0. The molecule has 8 nitrogen and oxygen atoms in total. The lowest BCUT2D eigenvalue weighted by atomic mass is 10.0. The maximum atomic E-state index is 14.0. The van der Waals surface area contributed by atoms with Gasteiger partial charge in [0.15, 0.2) is 11.5 Å². The molecule has 4 rings (SSSR count). The predicted octanol–water partition coefficient (Wildman–Crippen LogP) is 5.87. The zero-order valence-electron chi connectivity index (χ0n) is 19.7. The number of thiophene rings is 1. The van der Waals surface area contributed by atoms with E-state index in [9.17, 15) is 50.4 Å². The van der Waals surface area contributed by atoms with Crippen LogP contribution in [-0.4, -0.2) is 44.0 Å². The second-order valence-electron chi connectivity index (χ2n) is 8.50. The van der Waals surface area contributed by atoms with Crippen molar-refractivity contribution in [3.63, 3.8) is 0 Å². The Balaban J connectivity index is 1.79. The van der Waals surface area contributed by atoms with Crippen molar-refractivity contribution >= 4 is 17.2 Å². The lowest BCUT2D eigenvalue weighted by Crippen LogP contribution is -2.41. The van der Waals surface area contributed by atoms with Gasteiger partial charge in [-0.15, -0.1) is 11.3 Å². The molecule has 206 valence electrons. The number of nitriles is 2. The lowest BCUT2D eigenvalue weighted by Gasteiger charge is -2.25. The van der Waals surface area contributed by atoms with E-state index >= 15 is 0 Å². The number of rotatable bonds is 6. The number of nitrogens with zero attached hydrogens (tertiary/aromatic N) is 6. The Morgan fingerprint density at radius 2 is 1.82 bits per heavy atom. The molecule has 3 aromatic heterocycles. The van der Waals surface area contributed by atoms with Gasteiger partial charge in [0, 0.05) is 19.7 Å². The Hall–Kier alpha value is -3.99. The Morgan fingerprint density at radius 3 is 2.31 bits per heavy atom. The molecule has 0 bridgehead atoms. The van der Waals surface area contributed by atoms with Crippen molar-refractivity contribution in [2.45, 2.75) is 43.6 Å². The zero-order valence-corrected chi connectivity index (χ0v) is 20.5. The highest BCUT2D eigenvalue weighted by Gasteiger charge is 2.64. The summed E-state index contributed by atoms with van der Waals surface area (Å²) in [6.45, 7) is 1.79. The average molecular weight is 578 g/mol. The Labute approximate surface area is 217 Å². The molecule has 1 amide bonds. The van der Waals surface area contributed by atoms with Gasteiger partial charge in [-0.05, 0) is 25.8 Å². The van der Waals surface area contributed by atoms with Crippen LogP contribution in [0.1, 0.15) is 46.3 Å². The Bertz CT molecular complexity index is 1530. The first-order chi connectivity index (χ1) is 18.0. The number of hydrogen-bond donors (Lipinski definition) is 0.